The molecule has 1 fully saturated rings. The lowest BCUT2D eigenvalue weighted by Gasteiger charge is -2.38. The van der Waals surface area contributed by atoms with E-state index in [0.29, 0.717) is 55.5 Å². The monoisotopic (exact) mass is 444 g/mol. The first-order valence-electron chi connectivity index (χ1n) is 9.99. The van der Waals surface area contributed by atoms with Crippen LogP contribution in [0.15, 0.2) is 32.6 Å². The zero-order valence-corrected chi connectivity index (χ0v) is 17.3. The Kier molecular flexibility index (Phi) is 5.46. The van der Waals surface area contributed by atoms with Gasteiger partial charge < -0.3 is 20.9 Å². The Hall–Kier alpha value is -2.23. The van der Waals surface area contributed by atoms with Crippen molar-refractivity contribution in [2.45, 2.75) is 50.5 Å². The maximum Gasteiger partial charge on any atom is 0.405 e. The van der Waals surface area contributed by atoms with Crippen LogP contribution in [0.4, 0.5) is 13.2 Å². The van der Waals surface area contributed by atoms with Gasteiger partial charge in [0.1, 0.15) is 29.9 Å². The fourth-order valence-electron chi connectivity index (χ4n) is 4.46. The number of rotatable bonds is 2. The van der Waals surface area contributed by atoms with Crippen molar-refractivity contribution in [2.24, 2.45) is 15.9 Å². The van der Waals surface area contributed by atoms with Gasteiger partial charge in [-0.3, -0.25) is 9.79 Å². The van der Waals surface area contributed by atoms with E-state index in [0.717, 1.165) is 5.57 Å². The van der Waals surface area contributed by atoms with Crippen LogP contribution < -0.4 is 16.0 Å². The Morgan fingerprint density at radius 3 is 3.03 bits per heavy atom. The van der Waals surface area contributed by atoms with Crippen molar-refractivity contribution in [2.75, 3.05) is 19.6 Å². The zero-order chi connectivity index (χ0) is 21.5. The van der Waals surface area contributed by atoms with Gasteiger partial charge in [-0.2, -0.15) is 13.2 Å². The highest BCUT2D eigenvalue weighted by atomic mass is 35.5. The lowest BCUT2D eigenvalue weighted by Crippen LogP contribution is -2.57. The normalized spacial score (nSPS) is 33.4. The molecular weight excluding hydrogens is 421 g/mol. The van der Waals surface area contributed by atoms with Crippen LogP contribution in [0.1, 0.15) is 32.6 Å². The van der Waals surface area contributed by atoms with Gasteiger partial charge in [0.2, 0.25) is 5.91 Å². The molecule has 3 N–H and O–H groups in total. The third-order valence-corrected chi connectivity index (χ3v) is 6.29. The van der Waals surface area contributed by atoms with Gasteiger partial charge in [-0.1, -0.05) is 11.6 Å². The van der Waals surface area contributed by atoms with Crippen molar-refractivity contribution in [1.29, 1.82) is 0 Å². The number of amidine groups is 1. The predicted molar refractivity (Wildman–Crippen MR) is 108 cm³/mol. The number of alkyl halides is 3. The van der Waals surface area contributed by atoms with Crippen LogP contribution in [0, 0.1) is 5.92 Å². The molecule has 4 aliphatic heterocycles. The molecule has 4 aliphatic rings. The van der Waals surface area contributed by atoms with Crippen molar-refractivity contribution in [3.8, 4) is 0 Å². The molecule has 30 heavy (non-hydrogen) atoms. The maximum absolute atomic E-state index is 12.6. The summed E-state index contributed by atoms with van der Waals surface area (Å²) in [7, 11) is 0. The Balaban J connectivity index is 1.57. The van der Waals surface area contributed by atoms with Crippen LogP contribution in [-0.2, 0) is 4.79 Å². The van der Waals surface area contributed by atoms with E-state index in [4.69, 9.17) is 16.6 Å². The summed E-state index contributed by atoms with van der Waals surface area (Å²) in [5, 5.41) is 9.22. The summed E-state index contributed by atoms with van der Waals surface area (Å²) in [5.41, 5.74) is -0.111. The molecule has 0 aromatic rings. The number of aliphatic imine (C=N–C) groups is 2. The van der Waals surface area contributed by atoms with Gasteiger partial charge in [0, 0.05) is 48.4 Å². The summed E-state index contributed by atoms with van der Waals surface area (Å²) in [6.07, 6.45) is 1.46. The van der Waals surface area contributed by atoms with E-state index >= 15 is 0 Å². The second kappa shape index (κ2) is 7.79. The van der Waals surface area contributed by atoms with Gasteiger partial charge in [-0.05, 0) is 26.2 Å². The zero-order valence-electron chi connectivity index (χ0n) is 16.5. The quantitative estimate of drug-likeness (QED) is 0.610. The second-order valence-electron chi connectivity index (χ2n) is 8.13. The van der Waals surface area contributed by atoms with Gasteiger partial charge >= 0.3 is 6.18 Å². The predicted octanol–water partition coefficient (Wildman–Crippen LogP) is 2.22. The molecule has 0 aromatic carbocycles. The van der Waals surface area contributed by atoms with E-state index < -0.39 is 24.2 Å². The number of allylic oxidation sites excluding steroid dienone is 1. The minimum atomic E-state index is -4.44. The first-order chi connectivity index (χ1) is 14.2. The number of amides is 1. The molecule has 7 nitrogen and oxygen atoms in total. The second-order valence-corrected chi connectivity index (χ2v) is 8.61. The van der Waals surface area contributed by atoms with Crippen LogP contribution in [0.3, 0.4) is 0 Å². The minimum Gasteiger partial charge on any atom is -0.369 e. The molecule has 4 heterocycles. The van der Waals surface area contributed by atoms with E-state index in [9.17, 15) is 18.0 Å². The average molecular weight is 445 g/mol. The third-order valence-electron chi connectivity index (χ3n) is 6.03. The van der Waals surface area contributed by atoms with E-state index in [1.54, 1.807) is 19.3 Å². The topological polar surface area (TPSA) is 81.1 Å². The van der Waals surface area contributed by atoms with E-state index in [-0.39, 0.29) is 12.1 Å². The molecule has 0 saturated carbocycles. The summed E-state index contributed by atoms with van der Waals surface area (Å²) in [4.78, 5) is 23.8. The molecule has 11 heteroatoms. The molecule has 3 atom stereocenters. The number of fused-ring (bicyclic) bond motifs is 1. The van der Waals surface area contributed by atoms with Crippen molar-refractivity contribution in [3.63, 3.8) is 0 Å². The number of nitrogens with zero attached hydrogens (tertiary/aromatic N) is 3. The standard InChI is InChI=1S/C19H24ClF3N6O/c1-18(17(30)27-10-19(21,22)23)4-2-6-29(18)14-3-5-24-16(28-14)13-9-26-15-12(13)7-11(20)8-25-15/h8-9,12,15,24-25H,2-7,10H2,1H3,(H,27,30)/t12?,15?,18-/m0/s1. The molecule has 4 rings (SSSR count). The first kappa shape index (κ1) is 21.0. The van der Waals surface area contributed by atoms with Gasteiger partial charge in [0.05, 0.1) is 0 Å². The third kappa shape index (κ3) is 4.01. The highest BCUT2D eigenvalue weighted by Crippen LogP contribution is 2.36. The smallest absolute Gasteiger partial charge is 0.369 e. The molecule has 164 valence electrons. The average Bonchev–Trinajstić information content (AvgIpc) is 3.29. The number of likely N-dealkylation sites (tertiary alicyclic amines) is 1. The van der Waals surface area contributed by atoms with E-state index in [1.807, 2.05) is 10.2 Å². The summed E-state index contributed by atoms with van der Waals surface area (Å²) >= 11 is 6.19. The number of nitrogens with one attached hydrogen (secondary N) is 3. The van der Waals surface area contributed by atoms with Crippen LogP contribution in [0.25, 0.3) is 0 Å². The summed E-state index contributed by atoms with van der Waals surface area (Å²) < 4.78 is 37.7. The van der Waals surface area contributed by atoms with Gasteiger partial charge in [-0.25, -0.2) is 4.99 Å². The molecule has 0 spiro atoms. The maximum atomic E-state index is 12.6. The number of carbonyl (C=O) groups is 1. The van der Waals surface area contributed by atoms with Gasteiger partial charge in [0.15, 0.2) is 0 Å². The molecule has 0 bridgehead atoms. The minimum absolute atomic E-state index is 0.0631. The molecular formula is C19H24ClF3N6O. The summed E-state index contributed by atoms with van der Waals surface area (Å²) in [6, 6.07) is 0. The van der Waals surface area contributed by atoms with E-state index in [2.05, 4.69) is 15.6 Å². The van der Waals surface area contributed by atoms with Crippen LogP contribution in [-0.4, -0.2) is 60.4 Å². The fourth-order valence-corrected chi connectivity index (χ4v) is 4.69. The SMILES string of the molecule is C[C@@]1(C(=O)NCC(F)(F)F)CCCN1C1=NC(=C2C=NC3NC=C(Cl)CC23)NCC1. The van der Waals surface area contributed by atoms with Gasteiger partial charge in [0.25, 0.3) is 0 Å². The Bertz CT molecular complexity index is 852. The van der Waals surface area contributed by atoms with E-state index in [1.165, 1.54) is 0 Å². The van der Waals surface area contributed by atoms with Crippen molar-refractivity contribution < 1.29 is 18.0 Å². The molecule has 0 aromatic heterocycles. The van der Waals surface area contributed by atoms with Gasteiger partial charge in [-0.15, -0.1) is 0 Å². The van der Waals surface area contributed by atoms with Crippen LogP contribution in [0.2, 0.25) is 0 Å². The van der Waals surface area contributed by atoms with Crippen LogP contribution >= 0.6 is 11.6 Å². The Morgan fingerprint density at radius 1 is 1.47 bits per heavy atom. The highest BCUT2D eigenvalue weighted by Gasteiger charge is 2.46. The lowest BCUT2D eigenvalue weighted by atomic mass is 9.93. The summed E-state index contributed by atoms with van der Waals surface area (Å²) in [6.45, 7) is 1.55. The molecule has 0 radical (unpaired) electrons. The molecule has 0 aliphatic carbocycles. The fraction of sp³-hybridized carbons (Fsp3) is 0.632. The van der Waals surface area contributed by atoms with Crippen LogP contribution in [0.5, 0.6) is 0 Å². The molecule has 1 amide bonds. The summed E-state index contributed by atoms with van der Waals surface area (Å²) in [5.74, 6) is 0.836. The largest absolute Gasteiger partial charge is 0.405 e. The van der Waals surface area contributed by atoms with Crippen molar-refractivity contribution in [1.82, 2.24) is 20.9 Å². The first-order valence-corrected chi connectivity index (χ1v) is 10.4. The lowest BCUT2D eigenvalue weighted by molar-refractivity contribution is -0.143. The number of carbonyl (C=O) groups excluding carboxylic acids is 1. The highest BCUT2D eigenvalue weighted by molar-refractivity contribution is 6.29. The molecule has 1 saturated heterocycles. The Labute approximate surface area is 177 Å². The van der Waals surface area contributed by atoms with Crippen molar-refractivity contribution in [3.05, 3.63) is 22.6 Å². The number of hydrogen-bond donors (Lipinski definition) is 3. The molecule has 2 unspecified atom stereocenters. The number of hydrogen-bond acceptors (Lipinski definition) is 6. The number of halogens is 4. The van der Waals surface area contributed by atoms with Crippen molar-refractivity contribution >= 4 is 29.6 Å². The Morgan fingerprint density at radius 2 is 2.27 bits per heavy atom.